The van der Waals surface area contributed by atoms with Crippen LogP contribution in [-0.2, 0) is 14.6 Å². The molecule has 9 nitrogen and oxygen atoms in total. The summed E-state index contributed by atoms with van der Waals surface area (Å²) >= 11 is 0. The Morgan fingerprint density at radius 1 is 1.12 bits per heavy atom. The average molecular weight is 481 g/mol. The highest BCUT2D eigenvalue weighted by atomic mass is 32.2. The molecule has 1 atom stereocenters. The minimum atomic E-state index is -3.46. The number of halogens is 1. The number of sulfone groups is 1. The van der Waals surface area contributed by atoms with E-state index < -0.39 is 15.7 Å². The normalized spacial score (nSPS) is 20.0. The van der Waals surface area contributed by atoms with Gasteiger partial charge in [0.15, 0.2) is 9.84 Å². The van der Waals surface area contributed by atoms with Crippen LogP contribution in [0.25, 0.3) is 0 Å². The number of carbonyl (C=O) groups excluding carboxylic acids is 1. The van der Waals surface area contributed by atoms with Gasteiger partial charge in [-0.05, 0) is 51.3 Å². The molecule has 0 radical (unpaired) electrons. The summed E-state index contributed by atoms with van der Waals surface area (Å²) in [6.07, 6.45) is 2.80. The van der Waals surface area contributed by atoms with E-state index in [9.17, 15) is 17.6 Å². The van der Waals surface area contributed by atoms with Crippen molar-refractivity contribution in [3.63, 3.8) is 0 Å². The molecular formula is C22H29FN4O5S. The first-order valence-electron chi connectivity index (χ1n) is 11.1. The molecule has 1 aromatic carbocycles. The molecule has 4 rings (SSSR count). The Kier molecular flexibility index (Phi) is 6.60. The summed E-state index contributed by atoms with van der Waals surface area (Å²) in [5.74, 6) is 0.605. The van der Waals surface area contributed by atoms with Gasteiger partial charge in [0.2, 0.25) is 11.8 Å². The van der Waals surface area contributed by atoms with Gasteiger partial charge < -0.3 is 19.0 Å². The lowest BCUT2D eigenvalue weighted by Gasteiger charge is -2.30. The van der Waals surface area contributed by atoms with Gasteiger partial charge in [-0.25, -0.2) is 17.6 Å². The lowest BCUT2D eigenvalue weighted by atomic mass is 9.97. The summed E-state index contributed by atoms with van der Waals surface area (Å²) in [5.41, 5.74) is 0.366. The van der Waals surface area contributed by atoms with E-state index in [-0.39, 0.29) is 28.9 Å². The van der Waals surface area contributed by atoms with Crippen LogP contribution < -0.4 is 4.90 Å². The maximum Gasteiger partial charge on any atom is 0.410 e. The number of piperidine rings is 1. The van der Waals surface area contributed by atoms with Crippen molar-refractivity contribution in [1.82, 2.24) is 15.1 Å². The van der Waals surface area contributed by atoms with E-state index in [1.807, 2.05) is 18.7 Å². The summed E-state index contributed by atoms with van der Waals surface area (Å²) in [6, 6.07) is 3.99. The molecular weight excluding hydrogens is 451 g/mol. The van der Waals surface area contributed by atoms with Crippen molar-refractivity contribution in [3.05, 3.63) is 35.8 Å². The van der Waals surface area contributed by atoms with Crippen LogP contribution in [0.15, 0.2) is 27.5 Å². The first-order valence-corrected chi connectivity index (χ1v) is 13.0. The zero-order chi connectivity index (χ0) is 23.8. The van der Waals surface area contributed by atoms with Crippen molar-refractivity contribution in [2.45, 2.75) is 55.9 Å². The van der Waals surface area contributed by atoms with Crippen LogP contribution in [0.4, 0.5) is 14.9 Å². The van der Waals surface area contributed by atoms with E-state index >= 15 is 0 Å². The Morgan fingerprint density at radius 3 is 2.36 bits per heavy atom. The first-order chi connectivity index (χ1) is 15.6. The Balaban J connectivity index is 1.36. The van der Waals surface area contributed by atoms with Gasteiger partial charge in [0.25, 0.3) is 0 Å². The van der Waals surface area contributed by atoms with E-state index in [2.05, 4.69) is 10.2 Å². The summed E-state index contributed by atoms with van der Waals surface area (Å²) < 4.78 is 49.1. The number of anilines is 1. The highest BCUT2D eigenvalue weighted by molar-refractivity contribution is 7.90. The molecule has 1 amide bonds. The Labute approximate surface area is 192 Å². The van der Waals surface area contributed by atoms with Crippen molar-refractivity contribution < 1.29 is 26.8 Å². The zero-order valence-electron chi connectivity index (χ0n) is 19.0. The summed E-state index contributed by atoms with van der Waals surface area (Å²) in [6.45, 7) is 5.92. The maximum atomic E-state index is 14.6. The van der Waals surface area contributed by atoms with Gasteiger partial charge in [-0.2, -0.15) is 0 Å². The highest BCUT2D eigenvalue weighted by Crippen LogP contribution is 2.34. The van der Waals surface area contributed by atoms with Gasteiger partial charge in [0, 0.05) is 38.4 Å². The fourth-order valence-electron chi connectivity index (χ4n) is 4.32. The molecule has 33 heavy (non-hydrogen) atoms. The monoisotopic (exact) mass is 480 g/mol. The quantitative estimate of drug-likeness (QED) is 0.642. The van der Waals surface area contributed by atoms with E-state index in [1.54, 1.807) is 4.90 Å². The number of benzene rings is 1. The Bertz CT molecular complexity index is 1110. The van der Waals surface area contributed by atoms with Crippen molar-refractivity contribution >= 4 is 21.6 Å². The van der Waals surface area contributed by atoms with E-state index in [0.717, 1.165) is 31.6 Å². The molecule has 2 aliphatic heterocycles. The third-order valence-corrected chi connectivity index (χ3v) is 7.23. The third kappa shape index (κ3) is 5.29. The standard InChI is InChI=1S/C22H29FN4O5S/c1-14(2)31-22(28)26-9-6-15(7-10-26)20-24-25-21(32-20)16-8-11-27(13-16)19-5-4-17(12-18(19)23)33(3,29)30/h4-5,12,14-16H,6-11,13H2,1-3H3. The highest BCUT2D eigenvalue weighted by Gasteiger charge is 2.32. The molecule has 11 heteroatoms. The molecule has 1 aromatic heterocycles. The lowest BCUT2D eigenvalue weighted by Crippen LogP contribution is -2.39. The molecule has 2 aliphatic rings. The summed E-state index contributed by atoms with van der Waals surface area (Å²) in [7, 11) is -3.46. The van der Waals surface area contributed by atoms with E-state index in [0.29, 0.717) is 43.6 Å². The second-order valence-electron chi connectivity index (χ2n) is 8.99. The van der Waals surface area contributed by atoms with Crippen LogP contribution in [0.3, 0.4) is 0 Å². The molecule has 3 heterocycles. The van der Waals surface area contributed by atoms with Crippen molar-refractivity contribution in [1.29, 1.82) is 0 Å². The van der Waals surface area contributed by atoms with E-state index in [4.69, 9.17) is 9.15 Å². The number of likely N-dealkylation sites (tertiary alicyclic amines) is 1. The minimum Gasteiger partial charge on any atom is -0.447 e. The molecule has 0 N–H and O–H groups in total. The molecule has 2 aromatic rings. The van der Waals surface area contributed by atoms with Gasteiger partial charge in [0.05, 0.1) is 22.6 Å². The number of carbonyl (C=O) groups is 1. The SMILES string of the molecule is CC(C)OC(=O)N1CCC(c2nnc(C3CCN(c4ccc(S(C)(=O)=O)cc4F)C3)o2)CC1. The fourth-order valence-corrected chi connectivity index (χ4v) is 4.95. The lowest BCUT2D eigenvalue weighted by molar-refractivity contribution is 0.0680. The smallest absolute Gasteiger partial charge is 0.410 e. The molecule has 2 saturated heterocycles. The molecule has 0 saturated carbocycles. The number of rotatable bonds is 5. The van der Waals surface area contributed by atoms with Crippen molar-refractivity contribution in [3.8, 4) is 0 Å². The molecule has 2 fully saturated rings. The largest absolute Gasteiger partial charge is 0.447 e. The third-order valence-electron chi connectivity index (χ3n) is 6.12. The van der Waals surface area contributed by atoms with Gasteiger partial charge in [-0.3, -0.25) is 0 Å². The fraction of sp³-hybridized carbons (Fsp3) is 0.591. The predicted molar refractivity (Wildman–Crippen MR) is 119 cm³/mol. The number of hydrogen-bond acceptors (Lipinski definition) is 8. The molecule has 0 aliphatic carbocycles. The molecule has 0 bridgehead atoms. The topological polar surface area (TPSA) is 106 Å². The van der Waals surface area contributed by atoms with Crippen LogP contribution in [0.5, 0.6) is 0 Å². The number of nitrogens with zero attached hydrogens (tertiary/aromatic N) is 4. The van der Waals surface area contributed by atoms with Crippen LogP contribution in [0.1, 0.15) is 56.7 Å². The summed E-state index contributed by atoms with van der Waals surface area (Å²) in [5, 5.41) is 8.49. The maximum absolute atomic E-state index is 14.6. The van der Waals surface area contributed by atoms with Crippen molar-refractivity contribution in [2.24, 2.45) is 0 Å². The summed E-state index contributed by atoms with van der Waals surface area (Å²) in [4.78, 5) is 15.6. The van der Waals surface area contributed by atoms with Crippen LogP contribution in [0.2, 0.25) is 0 Å². The zero-order valence-corrected chi connectivity index (χ0v) is 19.8. The molecule has 180 valence electrons. The first kappa shape index (κ1) is 23.5. The number of aromatic nitrogens is 2. The Hall–Kier alpha value is -2.69. The second kappa shape index (κ2) is 9.28. The minimum absolute atomic E-state index is 0.0265. The van der Waals surface area contributed by atoms with Gasteiger partial charge in [0.1, 0.15) is 5.82 Å². The number of amides is 1. The Morgan fingerprint density at radius 2 is 1.76 bits per heavy atom. The average Bonchev–Trinajstić information content (AvgIpc) is 3.42. The second-order valence-corrected chi connectivity index (χ2v) is 11.0. The molecule has 0 spiro atoms. The van der Waals surface area contributed by atoms with Crippen molar-refractivity contribution in [2.75, 3.05) is 37.3 Å². The van der Waals surface area contributed by atoms with Gasteiger partial charge in [-0.15, -0.1) is 10.2 Å². The van der Waals surface area contributed by atoms with Crippen LogP contribution in [0, 0.1) is 5.82 Å². The van der Waals surface area contributed by atoms with Gasteiger partial charge in [-0.1, -0.05) is 0 Å². The van der Waals surface area contributed by atoms with E-state index in [1.165, 1.54) is 12.1 Å². The number of hydrogen-bond donors (Lipinski definition) is 0. The predicted octanol–water partition coefficient (Wildman–Crippen LogP) is 3.33. The van der Waals surface area contributed by atoms with Crippen LogP contribution in [-0.4, -0.2) is 68.1 Å². The van der Waals surface area contributed by atoms with Crippen LogP contribution >= 0.6 is 0 Å². The number of ether oxygens (including phenoxy) is 1. The molecule has 1 unspecified atom stereocenters. The van der Waals surface area contributed by atoms with Gasteiger partial charge >= 0.3 is 6.09 Å².